The molecule has 0 atom stereocenters. The number of rotatable bonds is 3. The molecule has 0 saturated heterocycles. The molecule has 20 heavy (non-hydrogen) atoms. The minimum absolute atomic E-state index is 0.132. The van der Waals surface area contributed by atoms with Gasteiger partial charge in [0.05, 0.1) is 5.56 Å². The van der Waals surface area contributed by atoms with Crippen molar-refractivity contribution in [2.75, 3.05) is 0 Å². The van der Waals surface area contributed by atoms with Gasteiger partial charge in [0.25, 0.3) is 5.91 Å². The van der Waals surface area contributed by atoms with E-state index in [1.54, 1.807) is 30.3 Å². The molecular weight excluding hydrogens is 457 g/mol. The van der Waals surface area contributed by atoms with Crippen LogP contribution in [0, 0.1) is 5.82 Å². The Morgan fingerprint density at radius 2 is 1.70 bits per heavy atom. The first-order valence-corrected chi connectivity index (χ1v) is 8.02. The van der Waals surface area contributed by atoms with Crippen molar-refractivity contribution in [2.24, 2.45) is 0 Å². The molecule has 104 valence electrons. The largest absolute Gasteiger partial charge is 0.348 e. The molecular formula is C14H9Br3FNO. The third-order valence-electron chi connectivity index (χ3n) is 2.62. The smallest absolute Gasteiger partial charge is 0.252 e. The Labute approximate surface area is 141 Å². The molecule has 0 fully saturated rings. The maximum Gasteiger partial charge on any atom is 0.252 e. The third kappa shape index (κ3) is 3.90. The van der Waals surface area contributed by atoms with E-state index < -0.39 is 0 Å². The van der Waals surface area contributed by atoms with Gasteiger partial charge in [-0.15, -0.1) is 0 Å². The first-order valence-electron chi connectivity index (χ1n) is 5.64. The standard InChI is InChI=1S/C14H9Br3FNO/c15-9-2-4-13(18)8(5-9)7-19-14(20)11-3-1-10(16)6-12(11)17/h1-6H,7H2,(H,19,20). The highest BCUT2D eigenvalue weighted by Crippen LogP contribution is 2.22. The van der Waals surface area contributed by atoms with Gasteiger partial charge in [0.1, 0.15) is 5.82 Å². The van der Waals surface area contributed by atoms with E-state index in [1.807, 2.05) is 0 Å². The molecule has 2 nitrogen and oxygen atoms in total. The van der Waals surface area contributed by atoms with Crippen molar-refractivity contribution in [3.63, 3.8) is 0 Å². The van der Waals surface area contributed by atoms with E-state index in [1.165, 1.54) is 6.07 Å². The van der Waals surface area contributed by atoms with Crippen LogP contribution >= 0.6 is 47.8 Å². The first kappa shape index (κ1) is 15.7. The van der Waals surface area contributed by atoms with Gasteiger partial charge in [0, 0.05) is 25.5 Å². The summed E-state index contributed by atoms with van der Waals surface area (Å²) in [4.78, 5) is 12.1. The Hall–Kier alpha value is -0.720. The fraction of sp³-hybridized carbons (Fsp3) is 0.0714. The lowest BCUT2D eigenvalue weighted by Crippen LogP contribution is -2.23. The van der Waals surface area contributed by atoms with E-state index >= 15 is 0 Å². The predicted octanol–water partition coefficient (Wildman–Crippen LogP) is 5.04. The van der Waals surface area contributed by atoms with Crippen LogP contribution in [0.1, 0.15) is 15.9 Å². The zero-order valence-corrected chi connectivity index (χ0v) is 14.8. The van der Waals surface area contributed by atoms with Gasteiger partial charge in [-0.05, 0) is 52.3 Å². The monoisotopic (exact) mass is 463 g/mol. The molecule has 0 radical (unpaired) electrons. The molecule has 0 aliphatic carbocycles. The van der Waals surface area contributed by atoms with Crippen molar-refractivity contribution in [3.05, 3.63) is 66.8 Å². The number of hydrogen-bond acceptors (Lipinski definition) is 1. The lowest BCUT2D eigenvalue weighted by Gasteiger charge is -2.08. The van der Waals surface area contributed by atoms with E-state index in [0.717, 1.165) is 8.95 Å². The SMILES string of the molecule is O=C(NCc1cc(Br)ccc1F)c1ccc(Br)cc1Br. The lowest BCUT2D eigenvalue weighted by atomic mass is 10.2. The number of halogens is 4. The van der Waals surface area contributed by atoms with Gasteiger partial charge in [-0.2, -0.15) is 0 Å². The van der Waals surface area contributed by atoms with Crippen LogP contribution in [0.5, 0.6) is 0 Å². The number of carbonyl (C=O) groups excluding carboxylic acids is 1. The van der Waals surface area contributed by atoms with Gasteiger partial charge >= 0.3 is 0 Å². The molecule has 1 amide bonds. The van der Waals surface area contributed by atoms with Gasteiger partial charge in [-0.1, -0.05) is 31.9 Å². The normalized spacial score (nSPS) is 10.4. The fourth-order valence-corrected chi connectivity index (χ4v) is 3.26. The highest BCUT2D eigenvalue weighted by atomic mass is 79.9. The molecule has 0 saturated carbocycles. The summed E-state index contributed by atoms with van der Waals surface area (Å²) in [5, 5.41) is 2.70. The summed E-state index contributed by atoms with van der Waals surface area (Å²) in [7, 11) is 0. The molecule has 2 aromatic rings. The van der Waals surface area contributed by atoms with Crippen molar-refractivity contribution >= 4 is 53.7 Å². The van der Waals surface area contributed by atoms with Crippen molar-refractivity contribution in [3.8, 4) is 0 Å². The third-order valence-corrected chi connectivity index (χ3v) is 4.27. The highest BCUT2D eigenvalue weighted by molar-refractivity contribution is 9.11. The van der Waals surface area contributed by atoms with Crippen LogP contribution in [0.15, 0.2) is 49.8 Å². The maximum atomic E-state index is 13.6. The summed E-state index contributed by atoms with van der Waals surface area (Å²) in [5.41, 5.74) is 0.935. The Bertz CT molecular complexity index is 661. The Morgan fingerprint density at radius 1 is 1.05 bits per heavy atom. The maximum absolute atomic E-state index is 13.6. The number of amides is 1. The summed E-state index contributed by atoms with van der Waals surface area (Å²) >= 11 is 9.93. The Morgan fingerprint density at radius 3 is 2.40 bits per heavy atom. The number of benzene rings is 2. The summed E-state index contributed by atoms with van der Waals surface area (Å²) in [6, 6.07) is 9.88. The van der Waals surface area contributed by atoms with Crippen LogP contribution in [0.2, 0.25) is 0 Å². The number of nitrogens with one attached hydrogen (secondary N) is 1. The number of carbonyl (C=O) groups is 1. The summed E-state index contributed by atoms with van der Waals surface area (Å²) in [6.07, 6.45) is 0. The average Bonchev–Trinajstić information content (AvgIpc) is 2.39. The van der Waals surface area contributed by atoms with Gasteiger partial charge in [0.15, 0.2) is 0 Å². The van der Waals surface area contributed by atoms with Gasteiger partial charge < -0.3 is 5.32 Å². The second kappa shape index (κ2) is 6.83. The minimum atomic E-state index is -0.344. The zero-order chi connectivity index (χ0) is 14.7. The van der Waals surface area contributed by atoms with E-state index in [-0.39, 0.29) is 18.3 Å². The molecule has 0 aliphatic rings. The summed E-state index contributed by atoms with van der Waals surface area (Å²) < 4.78 is 15.9. The molecule has 1 N–H and O–H groups in total. The van der Waals surface area contributed by atoms with Crippen molar-refractivity contribution in [1.82, 2.24) is 5.32 Å². The van der Waals surface area contributed by atoms with Crippen molar-refractivity contribution < 1.29 is 9.18 Å². The lowest BCUT2D eigenvalue weighted by molar-refractivity contribution is 0.0950. The van der Waals surface area contributed by atoms with E-state index in [2.05, 4.69) is 53.1 Å². The topological polar surface area (TPSA) is 29.1 Å². The molecule has 2 rings (SSSR count). The first-order chi connectivity index (χ1) is 9.47. The van der Waals surface area contributed by atoms with E-state index in [9.17, 15) is 9.18 Å². The van der Waals surface area contributed by atoms with Crippen molar-refractivity contribution in [2.45, 2.75) is 6.54 Å². The van der Waals surface area contributed by atoms with Crippen LogP contribution in [0.3, 0.4) is 0 Å². The molecule has 0 aliphatic heterocycles. The van der Waals surface area contributed by atoms with Crippen molar-refractivity contribution in [1.29, 1.82) is 0 Å². The summed E-state index contributed by atoms with van der Waals surface area (Å²) in [5.74, 6) is -0.605. The molecule has 0 unspecified atom stereocenters. The van der Waals surface area contributed by atoms with Crippen LogP contribution in [-0.4, -0.2) is 5.91 Å². The second-order valence-corrected chi connectivity index (χ2v) is 6.73. The molecule has 0 spiro atoms. The zero-order valence-electron chi connectivity index (χ0n) is 10.1. The van der Waals surface area contributed by atoms with Crippen LogP contribution in [-0.2, 0) is 6.54 Å². The summed E-state index contributed by atoms with van der Waals surface area (Å²) in [6.45, 7) is 0.132. The van der Waals surface area contributed by atoms with Crippen LogP contribution in [0.4, 0.5) is 4.39 Å². The molecule has 0 heterocycles. The van der Waals surface area contributed by atoms with Gasteiger partial charge in [-0.25, -0.2) is 4.39 Å². The van der Waals surface area contributed by atoms with Crippen LogP contribution < -0.4 is 5.32 Å². The quantitative estimate of drug-likeness (QED) is 0.675. The van der Waals surface area contributed by atoms with E-state index in [4.69, 9.17) is 0 Å². The fourth-order valence-electron chi connectivity index (χ4n) is 1.62. The van der Waals surface area contributed by atoms with E-state index in [0.29, 0.717) is 15.6 Å². The minimum Gasteiger partial charge on any atom is -0.348 e. The highest BCUT2D eigenvalue weighted by Gasteiger charge is 2.11. The van der Waals surface area contributed by atoms with Crippen LogP contribution in [0.25, 0.3) is 0 Å². The Balaban J connectivity index is 2.10. The Kier molecular flexibility index (Phi) is 5.35. The average molecular weight is 466 g/mol. The predicted molar refractivity (Wildman–Crippen MR) is 87.1 cm³/mol. The number of hydrogen-bond donors (Lipinski definition) is 1. The molecule has 2 aromatic carbocycles. The van der Waals surface area contributed by atoms with Gasteiger partial charge in [0.2, 0.25) is 0 Å². The van der Waals surface area contributed by atoms with Gasteiger partial charge in [-0.3, -0.25) is 4.79 Å². The molecule has 0 aromatic heterocycles. The molecule has 6 heteroatoms. The molecule has 0 bridgehead atoms. The second-order valence-electron chi connectivity index (χ2n) is 4.04.